The first-order valence-electron chi connectivity index (χ1n) is 9.19. The van der Waals surface area contributed by atoms with E-state index in [1.165, 1.54) is 23.5 Å². The van der Waals surface area contributed by atoms with E-state index in [-0.39, 0.29) is 18.9 Å². The predicted octanol–water partition coefficient (Wildman–Crippen LogP) is 2.15. The van der Waals surface area contributed by atoms with Gasteiger partial charge in [0.25, 0.3) is 0 Å². The predicted molar refractivity (Wildman–Crippen MR) is 115 cm³/mol. The number of carbonyl (C=O) groups excluding carboxylic acids is 2. The molecule has 11 heteroatoms. The van der Waals surface area contributed by atoms with Crippen LogP contribution in [0, 0.1) is 0 Å². The van der Waals surface area contributed by atoms with Crippen LogP contribution in [-0.4, -0.2) is 41.9 Å². The lowest BCUT2D eigenvalue weighted by atomic mass is 10.2. The molecule has 4 N–H and O–H groups in total. The van der Waals surface area contributed by atoms with E-state index in [1.54, 1.807) is 36.5 Å². The Morgan fingerprint density at radius 2 is 1.84 bits per heavy atom. The molecule has 4 heterocycles. The number of carbonyl (C=O) groups is 2. The molecule has 0 spiro atoms. The molecule has 0 unspecified atom stereocenters. The van der Waals surface area contributed by atoms with Gasteiger partial charge in [-0.15, -0.1) is 0 Å². The highest BCUT2D eigenvalue weighted by atomic mass is 35.5. The maximum Gasteiger partial charge on any atom is 0.314 e. The lowest BCUT2D eigenvalue weighted by Gasteiger charge is -2.21. The van der Waals surface area contributed by atoms with Crippen molar-refractivity contribution in [3.05, 3.63) is 71.5 Å². The second-order valence-electron chi connectivity index (χ2n) is 6.62. The minimum Gasteiger partial charge on any atom is -0.383 e. The van der Waals surface area contributed by atoms with Crippen molar-refractivity contribution in [2.24, 2.45) is 0 Å². The number of nitrogens with one attached hydrogen (secondary N) is 2. The summed E-state index contributed by atoms with van der Waals surface area (Å²) in [5, 5.41) is 10.3. The van der Waals surface area contributed by atoms with Crippen LogP contribution in [0.2, 0.25) is 5.02 Å². The summed E-state index contributed by atoms with van der Waals surface area (Å²) in [5.74, 6) is -1.34. The van der Waals surface area contributed by atoms with Crippen molar-refractivity contribution >= 4 is 45.8 Å². The van der Waals surface area contributed by atoms with Crippen molar-refractivity contribution in [3.63, 3.8) is 0 Å². The largest absolute Gasteiger partial charge is 0.383 e. The molecule has 0 aliphatic carbocycles. The number of H-pyrrole nitrogens is 1. The van der Waals surface area contributed by atoms with Gasteiger partial charge in [0.1, 0.15) is 5.82 Å². The average molecular weight is 437 g/mol. The Morgan fingerprint density at radius 3 is 2.55 bits per heavy atom. The Hall–Kier alpha value is -4.05. The van der Waals surface area contributed by atoms with Gasteiger partial charge >= 0.3 is 11.8 Å². The number of pyridine rings is 3. The zero-order chi connectivity index (χ0) is 21.8. The van der Waals surface area contributed by atoms with E-state index in [9.17, 15) is 9.59 Å². The molecule has 0 saturated heterocycles. The molecule has 0 atom stereocenters. The van der Waals surface area contributed by atoms with Gasteiger partial charge < -0.3 is 16.0 Å². The van der Waals surface area contributed by atoms with Crippen molar-refractivity contribution < 1.29 is 9.59 Å². The Labute approximate surface area is 181 Å². The quantitative estimate of drug-likeness (QED) is 0.406. The fraction of sp³-hybridized carbons (Fsp3) is 0.100. The lowest BCUT2D eigenvalue weighted by Crippen LogP contribution is -2.39. The highest BCUT2D eigenvalue weighted by molar-refractivity contribution is 6.40. The number of halogens is 1. The molecule has 0 radical (unpaired) electrons. The van der Waals surface area contributed by atoms with Crippen LogP contribution in [0.15, 0.2) is 55.1 Å². The van der Waals surface area contributed by atoms with Crippen LogP contribution in [0.3, 0.4) is 0 Å². The summed E-state index contributed by atoms with van der Waals surface area (Å²) in [6.07, 6.45) is 5.96. The van der Waals surface area contributed by atoms with Gasteiger partial charge in [-0.05, 0) is 24.3 Å². The number of nitrogens with two attached hydrogens (primary N) is 1. The number of aromatic amines is 1. The number of aromatic nitrogens is 5. The third kappa shape index (κ3) is 4.59. The molecule has 0 bridgehead atoms. The molecule has 0 aliphatic rings. The summed E-state index contributed by atoms with van der Waals surface area (Å²) >= 11 is 5.89. The Balaban J connectivity index is 1.57. The molecule has 31 heavy (non-hydrogen) atoms. The van der Waals surface area contributed by atoms with Crippen molar-refractivity contribution in [2.75, 3.05) is 11.1 Å². The monoisotopic (exact) mass is 436 g/mol. The number of nitrogen functional groups attached to an aromatic ring is 1. The van der Waals surface area contributed by atoms with Crippen molar-refractivity contribution in [2.45, 2.75) is 13.1 Å². The van der Waals surface area contributed by atoms with Crippen LogP contribution < -0.4 is 11.1 Å². The second-order valence-corrected chi connectivity index (χ2v) is 7.06. The zero-order valence-electron chi connectivity index (χ0n) is 16.1. The van der Waals surface area contributed by atoms with Gasteiger partial charge in [-0.2, -0.15) is 5.10 Å². The third-order valence-electron chi connectivity index (χ3n) is 4.47. The van der Waals surface area contributed by atoms with Crippen LogP contribution >= 0.6 is 11.6 Å². The van der Waals surface area contributed by atoms with Gasteiger partial charge in [-0.3, -0.25) is 24.7 Å². The summed E-state index contributed by atoms with van der Waals surface area (Å²) in [6.45, 7) is 0.219. The fourth-order valence-electron chi connectivity index (χ4n) is 2.95. The number of hydrogen-bond donors (Lipinski definition) is 3. The van der Waals surface area contributed by atoms with Gasteiger partial charge in [0.2, 0.25) is 0 Å². The molecule has 4 rings (SSSR count). The lowest BCUT2D eigenvalue weighted by molar-refractivity contribution is -0.144. The molecule has 4 aromatic heterocycles. The second kappa shape index (κ2) is 8.76. The fourth-order valence-corrected chi connectivity index (χ4v) is 3.06. The topological polar surface area (TPSA) is 143 Å². The highest BCUT2D eigenvalue weighted by Gasteiger charge is 2.24. The van der Waals surface area contributed by atoms with E-state index in [0.29, 0.717) is 33.0 Å². The molecule has 0 aromatic carbocycles. The smallest absolute Gasteiger partial charge is 0.314 e. The third-order valence-corrected chi connectivity index (χ3v) is 4.69. The first-order chi connectivity index (χ1) is 15.0. The summed E-state index contributed by atoms with van der Waals surface area (Å²) in [5.41, 5.74) is 7.78. The van der Waals surface area contributed by atoms with E-state index in [2.05, 4.69) is 30.5 Å². The maximum absolute atomic E-state index is 13.0. The molecule has 10 nitrogen and oxygen atoms in total. The van der Waals surface area contributed by atoms with Crippen molar-refractivity contribution in [1.82, 2.24) is 30.0 Å². The standard InChI is InChI=1S/C20H17ClN8O2/c21-12-4-5-14(24-7-12)11-29(10-13-3-1-2-6-23-13)20(31)19(30)27-16-9-25-18(22)15-8-26-28-17(15)16/h1-9H,10-11H2,(H2,22,25)(H,26,28)(H,27,30). The Morgan fingerprint density at radius 1 is 1.03 bits per heavy atom. The molecule has 4 aromatic rings. The van der Waals surface area contributed by atoms with E-state index in [1.807, 2.05) is 0 Å². The molecule has 156 valence electrons. The summed E-state index contributed by atoms with van der Waals surface area (Å²) < 4.78 is 0. The molecule has 0 saturated carbocycles. The normalized spacial score (nSPS) is 10.7. The number of rotatable bonds is 5. The maximum atomic E-state index is 13.0. The number of amides is 2. The first-order valence-corrected chi connectivity index (χ1v) is 9.57. The van der Waals surface area contributed by atoms with Gasteiger partial charge in [0.05, 0.1) is 58.5 Å². The molecular formula is C20H17ClN8O2. The molecular weight excluding hydrogens is 420 g/mol. The highest BCUT2D eigenvalue weighted by Crippen LogP contribution is 2.24. The molecule has 2 amide bonds. The van der Waals surface area contributed by atoms with Crippen molar-refractivity contribution in [1.29, 1.82) is 0 Å². The first kappa shape index (κ1) is 20.2. The molecule has 0 fully saturated rings. The van der Waals surface area contributed by atoms with Gasteiger partial charge in [-0.25, -0.2) is 4.98 Å². The number of hydrogen-bond acceptors (Lipinski definition) is 7. The Bertz CT molecular complexity index is 1230. The van der Waals surface area contributed by atoms with Crippen LogP contribution in [0.4, 0.5) is 11.5 Å². The average Bonchev–Trinajstić information content (AvgIpc) is 3.28. The van der Waals surface area contributed by atoms with E-state index in [4.69, 9.17) is 17.3 Å². The number of anilines is 2. The summed E-state index contributed by atoms with van der Waals surface area (Å²) in [6, 6.07) is 8.71. The molecule has 0 aliphatic heterocycles. The Kier molecular flexibility index (Phi) is 5.72. The number of fused-ring (bicyclic) bond motifs is 1. The SMILES string of the molecule is Nc1ncc(NC(=O)C(=O)N(Cc2ccccn2)Cc2ccc(Cl)cn2)c2[nH]ncc12. The summed E-state index contributed by atoms with van der Waals surface area (Å²) in [7, 11) is 0. The van der Waals surface area contributed by atoms with Gasteiger partial charge in [0, 0.05) is 12.4 Å². The van der Waals surface area contributed by atoms with Crippen molar-refractivity contribution in [3.8, 4) is 0 Å². The van der Waals surface area contributed by atoms with E-state index >= 15 is 0 Å². The van der Waals surface area contributed by atoms with E-state index in [0.717, 1.165) is 0 Å². The van der Waals surface area contributed by atoms with Crippen LogP contribution in [-0.2, 0) is 22.7 Å². The minimum atomic E-state index is -0.840. The summed E-state index contributed by atoms with van der Waals surface area (Å²) in [4.78, 5) is 39.6. The van der Waals surface area contributed by atoms with Crippen LogP contribution in [0.5, 0.6) is 0 Å². The number of nitrogens with zero attached hydrogens (tertiary/aromatic N) is 5. The van der Waals surface area contributed by atoms with E-state index < -0.39 is 11.8 Å². The van der Waals surface area contributed by atoms with Gasteiger partial charge in [0.15, 0.2) is 0 Å². The zero-order valence-corrected chi connectivity index (χ0v) is 16.9. The minimum absolute atomic E-state index is 0.0967. The van der Waals surface area contributed by atoms with Gasteiger partial charge in [-0.1, -0.05) is 17.7 Å². The van der Waals surface area contributed by atoms with Crippen LogP contribution in [0.25, 0.3) is 10.9 Å². The van der Waals surface area contributed by atoms with Crippen LogP contribution in [0.1, 0.15) is 11.4 Å².